The van der Waals surface area contributed by atoms with Gasteiger partial charge in [0.15, 0.2) is 0 Å². The normalized spacial score (nSPS) is 18.1. The third-order valence-electron chi connectivity index (χ3n) is 6.54. The summed E-state index contributed by atoms with van der Waals surface area (Å²) >= 11 is 5.91. The molecule has 0 saturated carbocycles. The summed E-state index contributed by atoms with van der Waals surface area (Å²) < 4.78 is 12.0. The third-order valence-corrected chi connectivity index (χ3v) is 6.79. The Labute approximate surface area is 214 Å². The summed E-state index contributed by atoms with van der Waals surface area (Å²) in [7, 11) is 0. The molecule has 0 fully saturated rings. The number of nitrogens with zero attached hydrogens (tertiary/aromatic N) is 2. The summed E-state index contributed by atoms with van der Waals surface area (Å²) in [6.45, 7) is 2.08. The summed E-state index contributed by atoms with van der Waals surface area (Å²) in [6, 6.07) is 30.7. The molecule has 0 spiro atoms. The Hall–Kier alpha value is -4.09. The average molecular weight is 495 g/mol. The summed E-state index contributed by atoms with van der Waals surface area (Å²) in [6.07, 6.45) is 0.408. The molecule has 6 heteroatoms. The zero-order valence-corrected chi connectivity index (χ0v) is 20.4. The van der Waals surface area contributed by atoms with Crippen LogP contribution in [0.25, 0.3) is 0 Å². The Morgan fingerprint density at radius 3 is 2.42 bits per heavy atom. The minimum absolute atomic E-state index is 0.0821. The highest BCUT2D eigenvalue weighted by Gasteiger charge is 2.40. The van der Waals surface area contributed by atoms with E-state index in [2.05, 4.69) is 37.3 Å². The van der Waals surface area contributed by atoms with Crippen LogP contribution in [0.5, 0.6) is 11.5 Å². The molecule has 4 aromatic rings. The highest BCUT2D eigenvalue weighted by atomic mass is 35.5. The molecule has 178 valence electrons. The van der Waals surface area contributed by atoms with E-state index in [0.717, 1.165) is 34.6 Å². The van der Waals surface area contributed by atoms with Crippen LogP contribution >= 0.6 is 11.6 Å². The molecule has 0 radical (unpaired) electrons. The van der Waals surface area contributed by atoms with Crippen LogP contribution in [0.3, 0.4) is 0 Å². The van der Waals surface area contributed by atoms with Crippen LogP contribution in [0.2, 0.25) is 5.02 Å². The number of carbonyl (C=O) groups is 1. The molecule has 2 atom stereocenters. The first-order valence-electron chi connectivity index (χ1n) is 11.8. The number of hydrogen-bond acceptors (Lipinski definition) is 5. The van der Waals surface area contributed by atoms with E-state index in [-0.39, 0.29) is 6.04 Å². The fourth-order valence-corrected chi connectivity index (χ4v) is 4.75. The number of para-hydroxylation sites is 1. The van der Waals surface area contributed by atoms with Crippen molar-refractivity contribution in [3.8, 4) is 11.5 Å². The highest BCUT2D eigenvalue weighted by molar-refractivity contribution is 6.30. The number of esters is 1. The lowest BCUT2D eigenvalue weighted by molar-refractivity contribution is -0.0190. The SMILES string of the molecule is Cc1ccc(C2=NN3C(C2)c2ccccc2OC3c2ccc(OC(=O)c3ccc(Cl)cc3)cc2)cc1. The molecule has 2 heterocycles. The zero-order chi connectivity index (χ0) is 24.6. The predicted octanol–water partition coefficient (Wildman–Crippen LogP) is 7.11. The molecule has 4 aromatic carbocycles. The quantitative estimate of drug-likeness (QED) is 0.224. The number of benzene rings is 4. The first-order valence-corrected chi connectivity index (χ1v) is 12.2. The van der Waals surface area contributed by atoms with Gasteiger partial charge in [0, 0.05) is 22.6 Å². The van der Waals surface area contributed by atoms with Crippen molar-refractivity contribution in [2.24, 2.45) is 5.10 Å². The standard InChI is InChI=1S/C30H23ClN2O3/c1-19-6-8-20(9-7-19)26-18-27-25-4-2-3-5-28(25)36-29(33(27)32-26)21-12-16-24(17-13-21)35-30(34)22-10-14-23(31)15-11-22/h2-17,27,29H,18H2,1H3. The van der Waals surface area contributed by atoms with E-state index in [0.29, 0.717) is 16.3 Å². The van der Waals surface area contributed by atoms with Crippen molar-refractivity contribution in [2.45, 2.75) is 25.6 Å². The molecular weight excluding hydrogens is 472 g/mol. The Morgan fingerprint density at radius 2 is 1.67 bits per heavy atom. The van der Waals surface area contributed by atoms with Crippen LogP contribution in [0, 0.1) is 6.92 Å². The first-order chi connectivity index (χ1) is 17.5. The Kier molecular flexibility index (Phi) is 5.70. The maximum atomic E-state index is 12.5. The fourth-order valence-electron chi connectivity index (χ4n) is 4.63. The Balaban J connectivity index is 1.28. The molecule has 0 saturated heterocycles. The number of rotatable bonds is 4. The van der Waals surface area contributed by atoms with Gasteiger partial charge < -0.3 is 9.47 Å². The van der Waals surface area contributed by atoms with E-state index in [1.54, 1.807) is 36.4 Å². The Bertz CT molecular complexity index is 1450. The van der Waals surface area contributed by atoms with Gasteiger partial charge in [-0.05, 0) is 67.1 Å². The maximum absolute atomic E-state index is 12.5. The largest absolute Gasteiger partial charge is 0.464 e. The maximum Gasteiger partial charge on any atom is 0.343 e. The van der Waals surface area contributed by atoms with E-state index in [4.69, 9.17) is 26.2 Å². The number of halogens is 1. The van der Waals surface area contributed by atoms with Crippen molar-refractivity contribution in [3.05, 3.63) is 130 Å². The summed E-state index contributed by atoms with van der Waals surface area (Å²) in [5.74, 6) is 0.883. The second-order valence-corrected chi connectivity index (χ2v) is 9.42. The lowest BCUT2D eigenvalue weighted by Crippen LogP contribution is -2.33. The lowest BCUT2D eigenvalue weighted by atomic mass is 9.95. The summed E-state index contributed by atoms with van der Waals surface area (Å²) in [5.41, 5.74) is 5.88. The number of aryl methyl sites for hydroxylation is 1. The van der Waals surface area contributed by atoms with E-state index < -0.39 is 12.2 Å². The monoisotopic (exact) mass is 494 g/mol. The van der Waals surface area contributed by atoms with Crippen LogP contribution < -0.4 is 9.47 Å². The molecule has 2 aliphatic heterocycles. The molecule has 6 rings (SSSR count). The molecule has 2 aliphatic rings. The van der Waals surface area contributed by atoms with E-state index in [1.165, 1.54) is 5.56 Å². The van der Waals surface area contributed by atoms with Crippen molar-refractivity contribution in [2.75, 3.05) is 0 Å². The molecule has 5 nitrogen and oxygen atoms in total. The topological polar surface area (TPSA) is 51.1 Å². The molecule has 0 bridgehead atoms. The zero-order valence-electron chi connectivity index (χ0n) is 19.6. The first kappa shape index (κ1) is 22.4. The van der Waals surface area contributed by atoms with Crippen LogP contribution in [0.4, 0.5) is 0 Å². The molecule has 0 aromatic heterocycles. The van der Waals surface area contributed by atoms with Gasteiger partial charge in [-0.25, -0.2) is 9.80 Å². The minimum Gasteiger partial charge on any atom is -0.464 e. The minimum atomic E-state index is -0.436. The van der Waals surface area contributed by atoms with E-state index >= 15 is 0 Å². The van der Waals surface area contributed by atoms with Crippen LogP contribution in [0.1, 0.15) is 51.3 Å². The van der Waals surface area contributed by atoms with Crippen LogP contribution in [0.15, 0.2) is 102 Å². The van der Waals surface area contributed by atoms with Crippen LogP contribution in [-0.4, -0.2) is 16.7 Å². The van der Waals surface area contributed by atoms with Gasteiger partial charge in [-0.1, -0.05) is 59.6 Å². The summed E-state index contributed by atoms with van der Waals surface area (Å²) in [4.78, 5) is 12.5. The van der Waals surface area contributed by atoms with Gasteiger partial charge in [0.05, 0.1) is 17.3 Å². The molecule has 0 N–H and O–H groups in total. The molecular formula is C30H23ClN2O3. The van der Waals surface area contributed by atoms with Gasteiger partial charge in [-0.3, -0.25) is 0 Å². The van der Waals surface area contributed by atoms with Crippen LogP contribution in [-0.2, 0) is 0 Å². The molecule has 0 aliphatic carbocycles. The van der Waals surface area contributed by atoms with Gasteiger partial charge in [0.1, 0.15) is 11.5 Å². The van der Waals surface area contributed by atoms with Crippen molar-refractivity contribution < 1.29 is 14.3 Å². The number of fused-ring (bicyclic) bond motifs is 3. The number of hydrogen-bond donors (Lipinski definition) is 0. The summed E-state index contributed by atoms with van der Waals surface area (Å²) in [5, 5.41) is 7.63. The van der Waals surface area contributed by atoms with E-state index in [1.807, 2.05) is 35.3 Å². The Morgan fingerprint density at radius 1 is 0.944 bits per heavy atom. The van der Waals surface area contributed by atoms with Gasteiger partial charge in [0.25, 0.3) is 0 Å². The fraction of sp³-hybridized carbons (Fsp3) is 0.133. The number of carbonyl (C=O) groups excluding carboxylic acids is 1. The van der Waals surface area contributed by atoms with Crippen molar-refractivity contribution >= 4 is 23.3 Å². The smallest absolute Gasteiger partial charge is 0.343 e. The van der Waals surface area contributed by atoms with Gasteiger partial charge >= 0.3 is 5.97 Å². The molecule has 0 amide bonds. The van der Waals surface area contributed by atoms with Crippen molar-refractivity contribution in [1.29, 1.82) is 0 Å². The van der Waals surface area contributed by atoms with Crippen molar-refractivity contribution in [1.82, 2.24) is 5.01 Å². The molecule has 2 unspecified atom stereocenters. The van der Waals surface area contributed by atoms with E-state index in [9.17, 15) is 4.79 Å². The number of ether oxygens (including phenoxy) is 2. The predicted molar refractivity (Wildman–Crippen MR) is 140 cm³/mol. The highest BCUT2D eigenvalue weighted by Crippen LogP contribution is 2.47. The average Bonchev–Trinajstić information content (AvgIpc) is 3.35. The van der Waals surface area contributed by atoms with Gasteiger partial charge in [-0.15, -0.1) is 0 Å². The van der Waals surface area contributed by atoms with Gasteiger partial charge in [-0.2, -0.15) is 5.10 Å². The second-order valence-electron chi connectivity index (χ2n) is 8.99. The molecule has 36 heavy (non-hydrogen) atoms. The van der Waals surface area contributed by atoms with Crippen molar-refractivity contribution in [3.63, 3.8) is 0 Å². The lowest BCUT2D eigenvalue weighted by Gasteiger charge is -2.38. The number of hydrazone groups is 1. The third kappa shape index (κ3) is 4.23. The van der Waals surface area contributed by atoms with Gasteiger partial charge in [0.2, 0.25) is 6.23 Å². The second kappa shape index (κ2) is 9.17.